The van der Waals surface area contributed by atoms with Gasteiger partial charge in [0.2, 0.25) is 0 Å². The van der Waals surface area contributed by atoms with Gasteiger partial charge in [-0.25, -0.2) is 0 Å². The Kier molecular flexibility index (Phi) is 6.65. The van der Waals surface area contributed by atoms with Crippen molar-refractivity contribution >= 4 is 11.6 Å². The van der Waals surface area contributed by atoms with Gasteiger partial charge in [-0.15, -0.1) is 0 Å². The largest absolute Gasteiger partial charge is 0.0843 e. The van der Waals surface area contributed by atoms with Crippen molar-refractivity contribution in [3.05, 3.63) is 34.3 Å². The van der Waals surface area contributed by atoms with Crippen LogP contribution in [0, 0.1) is 6.92 Å². The molecule has 0 amide bonds. The standard InChI is InChI=1S/C11H15Cl.C2H6/c1-4-8(2)11-7-10(12)6-5-9(11)3;1-2/h5-8H,4H2,1-3H3;1-2H3. The van der Waals surface area contributed by atoms with Gasteiger partial charge in [-0.1, -0.05) is 45.4 Å². The van der Waals surface area contributed by atoms with E-state index in [0.717, 1.165) is 5.02 Å². The fourth-order valence-electron chi connectivity index (χ4n) is 1.36. The number of hydrogen-bond acceptors (Lipinski definition) is 0. The second-order valence-electron chi connectivity index (χ2n) is 3.31. The third-order valence-electron chi connectivity index (χ3n) is 2.38. The van der Waals surface area contributed by atoms with Crippen LogP contribution in [-0.2, 0) is 0 Å². The van der Waals surface area contributed by atoms with Crippen molar-refractivity contribution in [3.8, 4) is 0 Å². The molecule has 0 N–H and O–H groups in total. The number of benzene rings is 1. The highest BCUT2D eigenvalue weighted by atomic mass is 35.5. The van der Waals surface area contributed by atoms with Crippen LogP contribution in [0.1, 0.15) is 51.2 Å². The lowest BCUT2D eigenvalue weighted by Crippen LogP contribution is -1.94. The van der Waals surface area contributed by atoms with Gasteiger partial charge in [0.1, 0.15) is 0 Å². The number of hydrogen-bond donors (Lipinski definition) is 0. The van der Waals surface area contributed by atoms with Gasteiger partial charge in [0.15, 0.2) is 0 Å². The second kappa shape index (κ2) is 6.89. The molecule has 1 aromatic rings. The Morgan fingerprint density at radius 1 is 1.29 bits per heavy atom. The molecule has 0 saturated carbocycles. The molecule has 0 saturated heterocycles. The highest BCUT2D eigenvalue weighted by molar-refractivity contribution is 6.30. The quantitative estimate of drug-likeness (QED) is 0.633. The highest BCUT2D eigenvalue weighted by Crippen LogP contribution is 2.25. The van der Waals surface area contributed by atoms with Crippen molar-refractivity contribution in [2.75, 3.05) is 0 Å². The van der Waals surface area contributed by atoms with E-state index in [1.807, 2.05) is 19.9 Å². The Morgan fingerprint density at radius 3 is 2.36 bits per heavy atom. The van der Waals surface area contributed by atoms with Crippen molar-refractivity contribution in [3.63, 3.8) is 0 Å². The van der Waals surface area contributed by atoms with Gasteiger partial charge >= 0.3 is 0 Å². The normalized spacial score (nSPS) is 11.6. The van der Waals surface area contributed by atoms with Crippen molar-refractivity contribution in [2.24, 2.45) is 0 Å². The topological polar surface area (TPSA) is 0 Å². The van der Waals surface area contributed by atoms with Crippen LogP contribution < -0.4 is 0 Å². The molecule has 14 heavy (non-hydrogen) atoms. The Balaban J connectivity index is 0.000000791. The third kappa shape index (κ3) is 3.71. The average Bonchev–Trinajstić information content (AvgIpc) is 2.23. The van der Waals surface area contributed by atoms with Crippen LogP contribution in [0.2, 0.25) is 5.02 Å². The molecule has 1 heteroatoms. The molecule has 0 heterocycles. The number of halogens is 1. The van der Waals surface area contributed by atoms with Crippen molar-refractivity contribution in [1.82, 2.24) is 0 Å². The summed E-state index contributed by atoms with van der Waals surface area (Å²) in [6.07, 6.45) is 1.17. The van der Waals surface area contributed by atoms with E-state index in [1.165, 1.54) is 17.5 Å². The summed E-state index contributed by atoms with van der Waals surface area (Å²) < 4.78 is 0. The Bertz CT molecular complexity index is 266. The maximum absolute atomic E-state index is 5.92. The Morgan fingerprint density at radius 2 is 1.86 bits per heavy atom. The predicted octanol–water partition coefficient (Wildman–Crippen LogP) is 5.19. The van der Waals surface area contributed by atoms with Crippen LogP contribution in [0.3, 0.4) is 0 Å². The first-order chi connectivity index (χ1) is 6.65. The minimum absolute atomic E-state index is 0.615. The molecule has 1 atom stereocenters. The molecule has 0 fully saturated rings. The van der Waals surface area contributed by atoms with E-state index in [1.54, 1.807) is 0 Å². The third-order valence-corrected chi connectivity index (χ3v) is 2.62. The first-order valence-corrected chi connectivity index (χ1v) is 5.79. The summed E-state index contributed by atoms with van der Waals surface area (Å²) in [5.74, 6) is 0.615. The lowest BCUT2D eigenvalue weighted by atomic mass is 9.95. The van der Waals surface area contributed by atoms with Crippen LogP contribution in [0.4, 0.5) is 0 Å². The van der Waals surface area contributed by atoms with Gasteiger partial charge in [0, 0.05) is 5.02 Å². The molecule has 1 aromatic carbocycles. The molecule has 0 nitrogen and oxygen atoms in total. The summed E-state index contributed by atoms with van der Waals surface area (Å²) >= 11 is 5.92. The molecule has 0 bridgehead atoms. The molecule has 80 valence electrons. The monoisotopic (exact) mass is 212 g/mol. The molecule has 0 aliphatic carbocycles. The second-order valence-corrected chi connectivity index (χ2v) is 3.75. The van der Waals surface area contributed by atoms with Crippen molar-refractivity contribution in [1.29, 1.82) is 0 Å². The Hall–Kier alpha value is -0.490. The average molecular weight is 213 g/mol. The molecular formula is C13H21Cl. The molecule has 0 radical (unpaired) electrons. The van der Waals surface area contributed by atoms with E-state index in [0.29, 0.717) is 5.92 Å². The predicted molar refractivity (Wildman–Crippen MR) is 66.2 cm³/mol. The van der Waals surface area contributed by atoms with Gasteiger partial charge < -0.3 is 0 Å². The van der Waals surface area contributed by atoms with E-state index in [4.69, 9.17) is 11.6 Å². The zero-order chi connectivity index (χ0) is 11.1. The van der Waals surface area contributed by atoms with Gasteiger partial charge in [0.05, 0.1) is 0 Å². The van der Waals surface area contributed by atoms with E-state index in [2.05, 4.69) is 32.9 Å². The first-order valence-electron chi connectivity index (χ1n) is 5.41. The summed E-state index contributed by atoms with van der Waals surface area (Å²) in [5.41, 5.74) is 2.72. The Labute approximate surface area is 93.3 Å². The molecule has 1 unspecified atom stereocenters. The van der Waals surface area contributed by atoms with Gasteiger partial charge in [-0.3, -0.25) is 0 Å². The summed E-state index contributed by atoms with van der Waals surface area (Å²) in [6.45, 7) is 10.6. The fourth-order valence-corrected chi connectivity index (χ4v) is 1.54. The van der Waals surface area contributed by atoms with E-state index in [-0.39, 0.29) is 0 Å². The molecule has 0 aliphatic rings. The maximum atomic E-state index is 5.92. The van der Waals surface area contributed by atoms with Crippen LogP contribution in [0.5, 0.6) is 0 Å². The molecule has 0 aromatic heterocycles. The van der Waals surface area contributed by atoms with Gasteiger partial charge in [0.25, 0.3) is 0 Å². The van der Waals surface area contributed by atoms with Gasteiger partial charge in [-0.05, 0) is 42.5 Å². The van der Waals surface area contributed by atoms with E-state index < -0.39 is 0 Å². The zero-order valence-corrected chi connectivity index (χ0v) is 10.7. The smallest absolute Gasteiger partial charge is 0.0409 e. The van der Waals surface area contributed by atoms with Crippen molar-refractivity contribution in [2.45, 2.75) is 47.0 Å². The number of rotatable bonds is 2. The molecule has 0 spiro atoms. The van der Waals surface area contributed by atoms with Crippen molar-refractivity contribution < 1.29 is 0 Å². The number of aryl methyl sites for hydroxylation is 1. The highest BCUT2D eigenvalue weighted by Gasteiger charge is 2.05. The van der Waals surface area contributed by atoms with Crippen LogP contribution in [0.15, 0.2) is 18.2 Å². The lowest BCUT2D eigenvalue weighted by molar-refractivity contribution is 0.728. The van der Waals surface area contributed by atoms with E-state index in [9.17, 15) is 0 Å². The zero-order valence-electron chi connectivity index (χ0n) is 9.89. The molecular weight excluding hydrogens is 192 g/mol. The van der Waals surface area contributed by atoms with Crippen LogP contribution in [0.25, 0.3) is 0 Å². The first kappa shape index (κ1) is 13.5. The minimum Gasteiger partial charge on any atom is -0.0843 e. The summed E-state index contributed by atoms with van der Waals surface area (Å²) in [4.78, 5) is 0. The fraction of sp³-hybridized carbons (Fsp3) is 0.538. The minimum atomic E-state index is 0.615. The van der Waals surface area contributed by atoms with Crippen LogP contribution in [-0.4, -0.2) is 0 Å². The maximum Gasteiger partial charge on any atom is 0.0409 e. The summed E-state index contributed by atoms with van der Waals surface area (Å²) in [5, 5.41) is 0.843. The molecule has 0 aliphatic heterocycles. The lowest BCUT2D eigenvalue weighted by Gasteiger charge is -2.12. The molecule has 1 rings (SSSR count). The van der Waals surface area contributed by atoms with Gasteiger partial charge in [-0.2, -0.15) is 0 Å². The van der Waals surface area contributed by atoms with Crippen LogP contribution >= 0.6 is 11.6 Å². The SMILES string of the molecule is CC.CCC(C)c1cc(Cl)ccc1C. The summed E-state index contributed by atoms with van der Waals surface area (Å²) in [6, 6.07) is 6.11. The summed E-state index contributed by atoms with van der Waals surface area (Å²) in [7, 11) is 0. The van der Waals surface area contributed by atoms with E-state index >= 15 is 0 Å².